The summed E-state index contributed by atoms with van der Waals surface area (Å²) >= 11 is 5.46. The molecule has 0 atom stereocenters. The van der Waals surface area contributed by atoms with Crippen molar-refractivity contribution < 1.29 is 14.3 Å². The topological polar surface area (TPSA) is 37.3 Å². The molecule has 0 fully saturated rings. The van der Waals surface area contributed by atoms with Crippen LogP contribution in [0.15, 0.2) is 18.2 Å². The van der Waals surface area contributed by atoms with E-state index < -0.39 is 5.82 Å². The predicted molar refractivity (Wildman–Crippen MR) is 44.9 cm³/mol. The minimum atomic E-state index is -0.435. The lowest BCUT2D eigenvalue weighted by molar-refractivity contribution is 0.112. The van der Waals surface area contributed by atoms with Gasteiger partial charge in [-0.15, -0.1) is 0 Å². The van der Waals surface area contributed by atoms with Crippen molar-refractivity contribution in [3.8, 4) is 0 Å². The first-order valence-electron chi connectivity index (χ1n) is 3.09. The Hall–Kier alpha value is -0.930. The van der Waals surface area contributed by atoms with E-state index in [9.17, 15) is 9.18 Å². The molecule has 0 amide bonds. The minimum Gasteiger partial charge on any atom is -0.400 e. The highest BCUT2D eigenvalue weighted by Crippen LogP contribution is 2.14. The lowest BCUT2D eigenvalue weighted by Gasteiger charge is -1.92. The summed E-state index contributed by atoms with van der Waals surface area (Å²) in [4.78, 5) is 10.1. The molecule has 1 N–H and O–H groups in total. The highest BCUT2D eigenvalue weighted by atomic mass is 35.5. The second-order valence-electron chi connectivity index (χ2n) is 1.78. The normalized spacial score (nSPS) is 8.33. The van der Waals surface area contributed by atoms with Gasteiger partial charge in [0.2, 0.25) is 0 Å². The van der Waals surface area contributed by atoms with Gasteiger partial charge in [-0.3, -0.25) is 4.79 Å². The zero-order chi connectivity index (χ0) is 9.56. The summed E-state index contributed by atoms with van der Waals surface area (Å²) in [5, 5.41) is 7.15. The second-order valence-corrected chi connectivity index (χ2v) is 2.19. The third-order valence-corrected chi connectivity index (χ3v) is 1.42. The molecule has 0 unspecified atom stereocenters. The Morgan fingerprint density at radius 3 is 2.50 bits per heavy atom. The quantitative estimate of drug-likeness (QED) is 0.687. The van der Waals surface area contributed by atoms with Crippen LogP contribution in [0.2, 0.25) is 5.02 Å². The number of aldehydes is 1. The molecule has 0 aliphatic rings. The van der Waals surface area contributed by atoms with Gasteiger partial charge in [-0.05, 0) is 18.2 Å². The van der Waals surface area contributed by atoms with Crippen molar-refractivity contribution in [2.75, 3.05) is 7.11 Å². The average molecular weight is 191 g/mol. The molecule has 1 aromatic carbocycles. The molecule has 4 heteroatoms. The van der Waals surface area contributed by atoms with Crippen LogP contribution in [0.1, 0.15) is 10.4 Å². The smallest absolute Gasteiger partial charge is 0.151 e. The fraction of sp³-hybridized carbons (Fsp3) is 0.125. The lowest BCUT2D eigenvalue weighted by Crippen LogP contribution is -1.82. The molecule has 0 aromatic heterocycles. The largest absolute Gasteiger partial charge is 0.400 e. The highest BCUT2D eigenvalue weighted by molar-refractivity contribution is 6.32. The average Bonchev–Trinajstić information content (AvgIpc) is 2.08. The molecule has 0 radical (unpaired) electrons. The Kier molecular flexibility index (Phi) is 5.25. The molecular formula is C8H8ClFO2. The maximum atomic E-state index is 12.3. The zero-order valence-corrected chi connectivity index (χ0v) is 7.18. The number of halogens is 2. The van der Waals surface area contributed by atoms with Crippen LogP contribution in [0.4, 0.5) is 4.39 Å². The number of hydrogen-bond acceptors (Lipinski definition) is 2. The standard InChI is InChI=1S/C7H4ClFO.CH4O/c8-7-3-6(9)2-1-5(7)4-10;1-2/h1-4H;2H,1H3. The number of aliphatic hydroxyl groups is 1. The van der Waals surface area contributed by atoms with Crippen molar-refractivity contribution in [3.63, 3.8) is 0 Å². The van der Waals surface area contributed by atoms with E-state index in [0.717, 1.165) is 13.2 Å². The van der Waals surface area contributed by atoms with E-state index >= 15 is 0 Å². The van der Waals surface area contributed by atoms with E-state index in [1.54, 1.807) is 0 Å². The van der Waals surface area contributed by atoms with Crippen LogP contribution in [-0.2, 0) is 0 Å². The van der Waals surface area contributed by atoms with Gasteiger partial charge in [0.1, 0.15) is 5.82 Å². The van der Waals surface area contributed by atoms with Crippen LogP contribution in [0.5, 0.6) is 0 Å². The first-order valence-corrected chi connectivity index (χ1v) is 3.47. The van der Waals surface area contributed by atoms with Gasteiger partial charge in [0, 0.05) is 12.7 Å². The molecule has 0 aliphatic heterocycles. The molecule has 0 spiro atoms. The Morgan fingerprint density at radius 1 is 1.50 bits per heavy atom. The van der Waals surface area contributed by atoms with Crippen molar-refractivity contribution in [1.29, 1.82) is 0 Å². The van der Waals surface area contributed by atoms with Gasteiger partial charge in [-0.1, -0.05) is 11.6 Å². The van der Waals surface area contributed by atoms with Crippen LogP contribution in [0, 0.1) is 5.82 Å². The van der Waals surface area contributed by atoms with Crippen molar-refractivity contribution in [1.82, 2.24) is 0 Å². The molecule has 0 aliphatic carbocycles. The molecule has 1 rings (SSSR count). The number of carbonyl (C=O) groups is 1. The van der Waals surface area contributed by atoms with Gasteiger partial charge in [-0.25, -0.2) is 4.39 Å². The van der Waals surface area contributed by atoms with E-state index in [2.05, 4.69) is 0 Å². The fourth-order valence-corrected chi connectivity index (χ4v) is 0.809. The van der Waals surface area contributed by atoms with Gasteiger partial charge in [0.25, 0.3) is 0 Å². The van der Waals surface area contributed by atoms with Gasteiger partial charge >= 0.3 is 0 Å². The van der Waals surface area contributed by atoms with E-state index in [4.69, 9.17) is 16.7 Å². The van der Waals surface area contributed by atoms with Gasteiger partial charge < -0.3 is 5.11 Å². The Balaban J connectivity index is 0.000000561. The number of benzene rings is 1. The summed E-state index contributed by atoms with van der Waals surface area (Å²) in [6, 6.07) is 3.63. The van der Waals surface area contributed by atoms with Crippen LogP contribution < -0.4 is 0 Å². The number of hydrogen-bond donors (Lipinski definition) is 1. The third-order valence-electron chi connectivity index (χ3n) is 1.09. The van der Waals surface area contributed by atoms with Crippen LogP contribution >= 0.6 is 11.6 Å². The molecular weight excluding hydrogens is 183 g/mol. The lowest BCUT2D eigenvalue weighted by atomic mass is 10.2. The van der Waals surface area contributed by atoms with Gasteiger partial charge in [0.05, 0.1) is 5.02 Å². The zero-order valence-electron chi connectivity index (χ0n) is 6.42. The van der Waals surface area contributed by atoms with E-state index in [1.807, 2.05) is 0 Å². The summed E-state index contributed by atoms with van der Waals surface area (Å²) in [6.45, 7) is 0. The van der Waals surface area contributed by atoms with E-state index in [0.29, 0.717) is 11.8 Å². The van der Waals surface area contributed by atoms with Crippen molar-refractivity contribution in [3.05, 3.63) is 34.6 Å². The predicted octanol–water partition coefficient (Wildman–Crippen LogP) is 1.90. The number of carbonyl (C=O) groups excluding carboxylic acids is 1. The Morgan fingerprint density at radius 2 is 2.08 bits per heavy atom. The van der Waals surface area contributed by atoms with Crippen molar-refractivity contribution >= 4 is 17.9 Å². The number of rotatable bonds is 1. The van der Waals surface area contributed by atoms with E-state index in [1.165, 1.54) is 12.1 Å². The van der Waals surface area contributed by atoms with Crippen molar-refractivity contribution in [2.24, 2.45) is 0 Å². The van der Waals surface area contributed by atoms with Gasteiger partial charge in [-0.2, -0.15) is 0 Å². The van der Waals surface area contributed by atoms with Crippen LogP contribution in [0.3, 0.4) is 0 Å². The van der Waals surface area contributed by atoms with Crippen molar-refractivity contribution in [2.45, 2.75) is 0 Å². The van der Waals surface area contributed by atoms with E-state index in [-0.39, 0.29) is 5.02 Å². The molecule has 12 heavy (non-hydrogen) atoms. The fourth-order valence-electron chi connectivity index (χ4n) is 0.597. The molecule has 66 valence electrons. The second kappa shape index (κ2) is 5.69. The maximum Gasteiger partial charge on any atom is 0.151 e. The Labute approximate surface area is 74.6 Å². The molecule has 1 aromatic rings. The summed E-state index contributed by atoms with van der Waals surface area (Å²) in [7, 11) is 1.00. The summed E-state index contributed by atoms with van der Waals surface area (Å²) < 4.78 is 12.3. The summed E-state index contributed by atoms with van der Waals surface area (Å²) in [6.07, 6.45) is 0.585. The number of aliphatic hydroxyl groups excluding tert-OH is 1. The van der Waals surface area contributed by atoms with Gasteiger partial charge in [0.15, 0.2) is 6.29 Å². The molecule has 0 saturated heterocycles. The molecule has 2 nitrogen and oxygen atoms in total. The van der Waals surface area contributed by atoms with Crippen LogP contribution in [-0.4, -0.2) is 18.5 Å². The first-order chi connectivity index (χ1) is 5.74. The summed E-state index contributed by atoms with van der Waals surface area (Å²) in [5.74, 6) is -0.435. The molecule has 0 saturated carbocycles. The molecule has 0 bridgehead atoms. The Bertz CT molecular complexity index is 263. The monoisotopic (exact) mass is 190 g/mol. The molecule has 0 heterocycles. The minimum absolute atomic E-state index is 0.148. The first kappa shape index (κ1) is 11.1. The highest BCUT2D eigenvalue weighted by Gasteiger charge is 1.98. The summed E-state index contributed by atoms with van der Waals surface area (Å²) in [5.41, 5.74) is 0.308. The third kappa shape index (κ3) is 2.98. The van der Waals surface area contributed by atoms with Crippen LogP contribution in [0.25, 0.3) is 0 Å². The maximum absolute atomic E-state index is 12.3. The SMILES string of the molecule is CO.O=Cc1ccc(F)cc1Cl.